The van der Waals surface area contributed by atoms with Crippen LogP contribution in [0.15, 0.2) is 0 Å². The fourth-order valence-corrected chi connectivity index (χ4v) is 2.50. The smallest absolute Gasteiger partial charge is 0.0706 e. The second kappa shape index (κ2) is 3.82. The molecule has 0 aromatic heterocycles. The normalized spacial score (nSPS) is 44.4. The van der Waals surface area contributed by atoms with E-state index in [4.69, 9.17) is 4.74 Å². The van der Waals surface area contributed by atoms with Crippen molar-refractivity contribution in [3.63, 3.8) is 0 Å². The van der Waals surface area contributed by atoms with Crippen LogP contribution in [0.5, 0.6) is 0 Å². The largest absolute Gasteiger partial charge is 0.390 e. The number of methoxy groups -OCH3 is 1. The molecule has 14 heavy (non-hydrogen) atoms. The Hall–Kier alpha value is -0.0800. The molecule has 1 aliphatic carbocycles. The van der Waals surface area contributed by atoms with E-state index in [1.165, 1.54) is 0 Å². The zero-order valence-electron chi connectivity index (χ0n) is 10.1. The van der Waals surface area contributed by atoms with Gasteiger partial charge in [-0.2, -0.15) is 0 Å². The van der Waals surface area contributed by atoms with Gasteiger partial charge in [0.1, 0.15) is 0 Å². The highest BCUT2D eigenvalue weighted by Gasteiger charge is 2.45. The first-order valence-corrected chi connectivity index (χ1v) is 5.61. The van der Waals surface area contributed by atoms with Gasteiger partial charge in [-0.3, -0.25) is 0 Å². The molecule has 0 saturated heterocycles. The Morgan fingerprint density at radius 2 is 1.93 bits per heavy atom. The first-order valence-electron chi connectivity index (χ1n) is 5.61. The summed E-state index contributed by atoms with van der Waals surface area (Å²) in [6.45, 7) is 8.47. The maximum Gasteiger partial charge on any atom is 0.0706 e. The molecule has 3 unspecified atom stereocenters. The number of ether oxygens (including phenoxy) is 1. The summed E-state index contributed by atoms with van der Waals surface area (Å²) in [6, 6.07) is 0. The summed E-state index contributed by atoms with van der Waals surface area (Å²) in [6.07, 6.45) is 2.78. The summed E-state index contributed by atoms with van der Waals surface area (Å²) >= 11 is 0. The van der Waals surface area contributed by atoms with Gasteiger partial charge in [0.15, 0.2) is 0 Å². The van der Waals surface area contributed by atoms with Crippen molar-refractivity contribution in [2.45, 2.75) is 58.2 Å². The van der Waals surface area contributed by atoms with Crippen molar-refractivity contribution in [2.24, 2.45) is 11.8 Å². The van der Waals surface area contributed by atoms with Crippen molar-refractivity contribution in [3.05, 3.63) is 0 Å². The molecule has 1 fully saturated rings. The Labute approximate surface area is 87.7 Å². The standard InChI is InChI=1S/C12H24O2/c1-9(2)12(14-5)7-6-11(4,13)10(3)8-12/h9-10,13H,6-8H2,1-5H3. The van der Waals surface area contributed by atoms with Crippen molar-refractivity contribution in [3.8, 4) is 0 Å². The van der Waals surface area contributed by atoms with Crippen LogP contribution in [-0.2, 0) is 4.74 Å². The van der Waals surface area contributed by atoms with E-state index in [1.54, 1.807) is 7.11 Å². The van der Waals surface area contributed by atoms with E-state index in [9.17, 15) is 5.11 Å². The quantitative estimate of drug-likeness (QED) is 0.742. The van der Waals surface area contributed by atoms with Crippen molar-refractivity contribution >= 4 is 0 Å². The van der Waals surface area contributed by atoms with E-state index in [1.807, 2.05) is 6.92 Å². The summed E-state index contributed by atoms with van der Waals surface area (Å²) in [7, 11) is 1.80. The molecule has 0 heterocycles. The lowest BCUT2D eigenvalue weighted by Gasteiger charge is -2.48. The van der Waals surface area contributed by atoms with Crippen LogP contribution in [0.25, 0.3) is 0 Å². The molecule has 0 spiro atoms. The molecule has 0 amide bonds. The van der Waals surface area contributed by atoms with Crippen molar-refractivity contribution in [2.75, 3.05) is 7.11 Å². The van der Waals surface area contributed by atoms with Gasteiger partial charge in [0, 0.05) is 7.11 Å². The van der Waals surface area contributed by atoms with E-state index in [0.29, 0.717) is 11.8 Å². The van der Waals surface area contributed by atoms with Crippen LogP contribution in [0.1, 0.15) is 47.0 Å². The third kappa shape index (κ3) is 1.96. The summed E-state index contributed by atoms with van der Waals surface area (Å²) < 4.78 is 5.69. The van der Waals surface area contributed by atoms with Gasteiger partial charge < -0.3 is 9.84 Å². The highest BCUT2D eigenvalue weighted by Crippen LogP contribution is 2.44. The number of hydrogen-bond donors (Lipinski definition) is 1. The van der Waals surface area contributed by atoms with Gasteiger partial charge in [-0.05, 0) is 38.0 Å². The SMILES string of the molecule is COC1(C(C)C)CCC(C)(O)C(C)C1. The fraction of sp³-hybridized carbons (Fsp3) is 1.00. The molecule has 0 aliphatic heterocycles. The molecule has 1 rings (SSSR count). The van der Waals surface area contributed by atoms with E-state index < -0.39 is 5.60 Å². The molecule has 1 N–H and O–H groups in total. The average molecular weight is 200 g/mol. The molecule has 1 aliphatic rings. The van der Waals surface area contributed by atoms with Crippen LogP contribution in [0.3, 0.4) is 0 Å². The zero-order valence-corrected chi connectivity index (χ0v) is 10.1. The third-order valence-corrected chi connectivity index (χ3v) is 4.23. The topological polar surface area (TPSA) is 29.5 Å². The minimum absolute atomic E-state index is 0.0122. The predicted octanol–water partition coefficient (Wildman–Crippen LogP) is 2.60. The van der Waals surface area contributed by atoms with Crippen molar-refractivity contribution in [1.82, 2.24) is 0 Å². The molecule has 0 aromatic carbocycles. The van der Waals surface area contributed by atoms with E-state index >= 15 is 0 Å². The van der Waals surface area contributed by atoms with Gasteiger partial charge in [-0.15, -0.1) is 0 Å². The summed E-state index contributed by atoms with van der Waals surface area (Å²) in [4.78, 5) is 0. The fourth-order valence-electron chi connectivity index (χ4n) is 2.50. The maximum absolute atomic E-state index is 10.1. The molecular formula is C12H24O2. The Kier molecular flexibility index (Phi) is 3.27. The molecule has 84 valence electrons. The highest BCUT2D eigenvalue weighted by atomic mass is 16.5. The van der Waals surface area contributed by atoms with Gasteiger partial charge in [0.25, 0.3) is 0 Å². The van der Waals surface area contributed by atoms with Gasteiger partial charge in [-0.25, -0.2) is 0 Å². The second-order valence-electron chi connectivity index (χ2n) is 5.39. The van der Waals surface area contributed by atoms with Gasteiger partial charge in [0.05, 0.1) is 11.2 Å². The third-order valence-electron chi connectivity index (χ3n) is 4.23. The molecule has 1 saturated carbocycles. The number of rotatable bonds is 2. The lowest BCUT2D eigenvalue weighted by molar-refractivity contribution is -0.142. The monoisotopic (exact) mass is 200 g/mol. The van der Waals surface area contributed by atoms with Crippen LogP contribution in [0, 0.1) is 11.8 Å². The van der Waals surface area contributed by atoms with E-state index in [2.05, 4.69) is 20.8 Å². The second-order valence-corrected chi connectivity index (χ2v) is 5.39. The summed E-state index contributed by atoms with van der Waals surface area (Å²) in [5.74, 6) is 0.838. The van der Waals surface area contributed by atoms with Gasteiger partial charge >= 0.3 is 0 Å². The van der Waals surface area contributed by atoms with Crippen molar-refractivity contribution < 1.29 is 9.84 Å². The van der Waals surface area contributed by atoms with Gasteiger partial charge in [0.2, 0.25) is 0 Å². The Bertz CT molecular complexity index is 198. The van der Waals surface area contributed by atoms with Gasteiger partial charge in [-0.1, -0.05) is 20.8 Å². The molecule has 2 heteroatoms. The molecular weight excluding hydrogens is 176 g/mol. The van der Waals surface area contributed by atoms with Crippen LogP contribution in [0.4, 0.5) is 0 Å². The molecule has 2 nitrogen and oxygen atoms in total. The van der Waals surface area contributed by atoms with Crippen LogP contribution >= 0.6 is 0 Å². The van der Waals surface area contributed by atoms with Crippen LogP contribution in [0.2, 0.25) is 0 Å². The molecule has 3 atom stereocenters. The minimum Gasteiger partial charge on any atom is -0.390 e. The summed E-state index contributed by atoms with van der Waals surface area (Å²) in [5.41, 5.74) is -0.515. The summed E-state index contributed by atoms with van der Waals surface area (Å²) in [5, 5.41) is 10.1. The predicted molar refractivity (Wildman–Crippen MR) is 58.2 cm³/mol. The van der Waals surface area contributed by atoms with E-state index in [-0.39, 0.29) is 5.60 Å². The van der Waals surface area contributed by atoms with Crippen molar-refractivity contribution in [1.29, 1.82) is 0 Å². The number of hydrogen-bond acceptors (Lipinski definition) is 2. The Morgan fingerprint density at radius 3 is 2.29 bits per heavy atom. The molecule has 0 aromatic rings. The Morgan fingerprint density at radius 1 is 1.36 bits per heavy atom. The van der Waals surface area contributed by atoms with E-state index in [0.717, 1.165) is 19.3 Å². The minimum atomic E-state index is -0.503. The molecule has 0 bridgehead atoms. The maximum atomic E-state index is 10.1. The van der Waals surface area contributed by atoms with Crippen LogP contribution in [-0.4, -0.2) is 23.4 Å². The Balaban J connectivity index is 2.78. The average Bonchev–Trinajstić information content (AvgIpc) is 2.10. The van der Waals surface area contributed by atoms with Crippen LogP contribution < -0.4 is 0 Å². The lowest BCUT2D eigenvalue weighted by atomic mass is 9.66. The first-order chi connectivity index (χ1) is 6.34. The number of aliphatic hydroxyl groups is 1. The first kappa shape index (κ1) is 12.0. The lowest BCUT2D eigenvalue weighted by Crippen LogP contribution is -2.50. The highest BCUT2D eigenvalue weighted by molar-refractivity contribution is 4.97. The molecule has 0 radical (unpaired) electrons. The zero-order chi connectivity index (χ0) is 11.0.